The molecule has 0 radical (unpaired) electrons. The van der Waals surface area contributed by atoms with Crippen LogP contribution in [0.2, 0.25) is 0 Å². The number of hydrogen-bond donors (Lipinski definition) is 3. The van der Waals surface area contributed by atoms with Crippen molar-refractivity contribution in [3.05, 3.63) is 66.5 Å². The van der Waals surface area contributed by atoms with Gasteiger partial charge in [-0.3, -0.25) is 4.90 Å². The number of imidazole rings is 1. The molecule has 12 heteroatoms. The van der Waals surface area contributed by atoms with Gasteiger partial charge >= 0.3 is 0 Å². The molecule has 1 saturated heterocycles. The van der Waals surface area contributed by atoms with E-state index in [1.165, 1.54) is 5.56 Å². The lowest BCUT2D eigenvalue weighted by molar-refractivity contribution is 0.126. The summed E-state index contributed by atoms with van der Waals surface area (Å²) in [6.07, 6.45) is 4.75. The van der Waals surface area contributed by atoms with Crippen LogP contribution in [-0.4, -0.2) is 80.6 Å². The third-order valence-electron chi connectivity index (χ3n) is 8.17. The standard InChI is InChI=1S/C30H38N8O3S/c1-2-37-21-31-27-28(34-30(35-29(27)37)33-24-8-12-25(39)13-9-24)32-23-10-14-26(15-11-23)42(40,41)38-18-16-36(17-19-38)20-22-6-4-3-5-7-22/h3-7,10-11,14-15,21,24-25,39H,2,8-9,12-13,16-20H2,1H3,(H2,32,33,34,35)/t24-,25-. The Kier molecular flexibility index (Phi) is 8.38. The number of fused-ring (bicyclic) bond motifs is 1. The van der Waals surface area contributed by atoms with Crippen LogP contribution in [0.1, 0.15) is 38.2 Å². The minimum atomic E-state index is -3.60. The Labute approximate surface area is 246 Å². The highest BCUT2D eigenvalue weighted by atomic mass is 32.2. The van der Waals surface area contributed by atoms with Crippen molar-refractivity contribution in [2.24, 2.45) is 0 Å². The molecule has 4 aromatic rings. The monoisotopic (exact) mass is 590 g/mol. The Morgan fingerprint density at radius 2 is 1.64 bits per heavy atom. The lowest BCUT2D eigenvalue weighted by atomic mass is 9.93. The zero-order valence-electron chi connectivity index (χ0n) is 23.9. The Bertz CT molecular complexity index is 1600. The number of aliphatic hydroxyl groups is 1. The zero-order valence-corrected chi connectivity index (χ0v) is 24.7. The van der Waals surface area contributed by atoms with Gasteiger partial charge in [0.2, 0.25) is 16.0 Å². The van der Waals surface area contributed by atoms with Gasteiger partial charge in [0.25, 0.3) is 0 Å². The van der Waals surface area contributed by atoms with Crippen molar-refractivity contribution in [2.75, 3.05) is 36.8 Å². The molecule has 2 aliphatic rings. The molecule has 222 valence electrons. The van der Waals surface area contributed by atoms with E-state index in [9.17, 15) is 13.5 Å². The maximum Gasteiger partial charge on any atom is 0.243 e. The van der Waals surface area contributed by atoms with Crippen molar-refractivity contribution < 1.29 is 13.5 Å². The third-order valence-corrected chi connectivity index (χ3v) is 10.1. The average Bonchev–Trinajstić information content (AvgIpc) is 3.43. The van der Waals surface area contributed by atoms with Crippen LogP contribution in [0.25, 0.3) is 11.2 Å². The van der Waals surface area contributed by atoms with Crippen molar-refractivity contribution in [1.29, 1.82) is 0 Å². The second kappa shape index (κ2) is 12.3. The van der Waals surface area contributed by atoms with E-state index >= 15 is 0 Å². The smallest absolute Gasteiger partial charge is 0.243 e. The summed E-state index contributed by atoms with van der Waals surface area (Å²) < 4.78 is 30.4. The highest BCUT2D eigenvalue weighted by Crippen LogP contribution is 2.28. The minimum Gasteiger partial charge on any atom is -0.393 e. The highest BCUT2D eigenvalue weighted by Gasteiger charge is 2.28. The summed E-state index contributed by atoms with van der Waals surface area (Å²) in [6, 6.07) is 17.3. The lowest BCUT2D eigenvalue weighted by Crippen LogP contribution is -2.48. The minimum absolute atomic E-state index is 0.196. The fourth-order valence-corrected chi connectivity index (χ4v) is 7.12. The Balaban J connectivity index is 1.15. The summed E-state index contributed by atoms with van der Waals surface area (Å²) in [7, 11) is -3.60. The van der Waals surface area contributed by atoms with Gasteiger partial charge < -0.3 is 20.3 Å². The van der Waals surface area contributed by atoms with Crippen LogP contribution in [0, 0.1) is 0 Å². The first-order valence-electron chi connectivity index (χ1n) is 14.7. The highest BCUT2D eigenvalue weighted by molar-refractivity contribution is 7.89. The molecule has 0 bridgehead atoms. The number of aryl methyl sites for hydroxylation is 1. The maximum absolute atomic E-state index is 13.4. The van der Waals surface area contributed by atoms with Gasteiger partial charge in [-0.2, -0.15) is 14.3 Å². The molecule has 1 aliphatic heterocycles. The molecule has 42 heavy (non-hydrogen) atoms. The van der Waals surface area contributed by atoms with Gasteiger partial charge in [0.15, 0.2) is 17.0 Å². The van der Waals surface area contributed by atoms with E-state index in [2.05, 4.69) is 32.7 Å². The second-order valence-electron chi connectivity index (χ2n) is 11.1. The molecular weight excluding hydrogens is 552 g/mol. The average molecular weight is 591 g/mol. The van der Waals surface area contributed by atoms with Crippen molar-refractivity contribution in [2.45, 2.75) is 62.7 Å². The van der Waals surface area contributed by atoms with Crippen LogP contribution in [0.3, 0.4) is 0 Å². The van der Waals surface area contributed by atoms with E-state index in [4.69, 9.17) is 9.97 Å². The van der Waals surface area contributed by atoms with Crippen LogP contribution < -0.4 is 10.6 Å². The number of nitrogens with zero attached hydrogens (tertiary/aromatic N) is 6. The number of sulfonamides is 1. The van der Waals surface area contributed by atoms with Crippen LogP contribution >= 0.6 is 0 Å². The molecule has 1 saturated carbocycles. The van der Waals surface area contributed by atoms with E-state index < -0.39 is 10.0 Å². The van der Waals surface area contributed by atoms with Gasteiger partial charge in [-0.25, -0.2) is 13.4 Å². The summed E-state index contributed by atoms with van der Waals surface area (Å²) in [5, 5.41) is 16.6. The Morgan fingerprint density at radius 3 is 2.33 bits per heavy atom. The number of anilines is 3. The Hall–Kier alpha value is -3.58. The first-order valence-corrected chi connectivity index (χ1v) is 16.1. The first kappa shape index (κ1) is 28.5. The van der Waals surface area contributed by atoms with Crippen LogP contribution in [-0.2, 0) is 23.1 Å². The molecular formula is C30H38N8O3S. The van der Waals surface area contributed by atoms with E-state index in [1.54, 1.807) is 34.9 Å². The van der Waals surface area contributed by atoms with E-state index in [0.717, 1.165) is 44.4 Å². The van der Waals surface area contributed by atoms with E-state index in [0.29, 0.717) is 49.1 Å². The number of piperazine rings is 1. The normalized spacial score (nSPS) is 20.5. The van der Waals surface area contributed by atoms with E-state index in [1.807, 2.05) is 29.7 Å². The van der Waals surface area contributed by atoms with Crippen molar-refractivity contribution in [1.82, 2.24) is 28.7 Å². The van der Waals surface area contributed by atoms with Gasteiger partial charge in [0.05, 0.1) is 17.3 Å². The maximum atomic E-state index is 13.4. The molecule has 11 nitrogen and oxygen atoms in total. The van der Waals surface area contributed by atoms with E-state index in [-0.39, 0.29) is 17.0 Å². The number of hydrogen-bond acceptors (Lipinski definition) is 9. The molecule has 3 heterocycles. The largest absolute Gasteiger partial charge is 0.393 e. The molecule has 0 unspecified atom stereocenters. The summed E-state index contributed by atoms with van der Waals surface area (Å²) >= 11 is 0. The molecule has 2 fully saturated rings. The molecule has 2 aromatic heterocycles. The van der Waals surface area contributed by atoms with Crippen LogP contribution in [0.4, 0.5) is 17.5 Å². The molecule has 1 aliphatic carbocycles. The molecule has 2 aromatic carbocycles. The van der Waals surface area contributed by atoms with Crippen LogP contribution in [0.15, 0.2) is 65.8 Å². The Morgan fingerprint density at radius 1 is 0.929 bits per heavy atom. The number of nitrogens with one attached hydrogen (secondary N) is 2. The fraction of sp³-hybridized carbons (Fsp3) is 0.433. The SMILES string of the molecule is CCn1cnc2c(Nc3ccc(S(=O)(=O)N4CCN(Cc5ccccc5)CC4)cc3)nc(N[C@H]3CC[C@H](O)CC3)nc21. The van der Waals surface area contributed by atoms with Crippen molar-refractivity contribution in [3.8, 4) is 0 Å². The topological polar surface area (TPSA) is 129 Å². The number of aromatic nitrogens is 4. The van der Waals surface area contributed by atoms with Gasteiger partial charge in [-0.05, 0) is 62.4 Å². The van der Waals surface area contributed by atoms with Crippen LogP contribution in [0.5, 0.6) is 0 Å². The third kappa shape index (κ3) is 6.26. The first-order chi connectivity index (χ1) is 20.4. The number of benzene rings is 2. The zero-order chi connectivity index (χ0) is 29.1. The fourth-order valence-electron chi connectivity index (χ4n) is 5.70. The molecule has 3 N–H and O–H groups in total. The van der Waals surface area contributed by atoms with Gasteiger partial charge in [0, 0.05) is 51.0 Å². The van der Waals surface area contributed by atoms with Gasteiger partial charge in [-0.15, -0.1) is 0 Å². The number of aliphatic hydroxyl groups excluding tert-OH is 1. The number of rotatable bonds is 9. The quantitative estimate of drug-likeness (QED) is 0.267. The second-order valence-corrected chi connectivity index (χ2v) is 13.0. The summed E-state index contributed by atoms with van der Waals surface area (Å²) in [6.45, 7) is 5.89. The predicted octanol–water partition coefficient (Wildman–Crippen LogP) is 3.81. The summed E-state index contributed by atoms with van der Waals surface area (Å²) in [5.74, 6) is 1.06. The molecule has 0 spiro atoms. The van der Waals surface area contributed by atoms with Crippen molar-refractivity contribution in [3.63, 3.8) is 0 Å². The van der Waals surface area contributed by atoms with Gasteiger partial charge in [-0.1, -0.05) is 30.3 Å². The van der Waals surface area contributed by atoms with Crippen molar-refractivity contribution >= 4 is 38.6 Å². The van der Waals surface area contributed by atoms with Gasteiger partial charge in [0.1, 0.15) is 0 Å². The molecule has 0 amide bonds. The summed E-state index contributed by atoms with van der Waals surface area (Å²) in [5.41, 5.74) is 3.31. The lowest BCUT2D eigenvalue weighted by Gasteiger charge is -2.34. The molecule has 0 atom stereocenters. The summed E-state index contributed by atoms with van der Waals surface area (Å²) in [4.78, 5) is 16.6. The predicted molar refractivity (Wildman–Crippen MR) is 163 cm³/mol. The molecule has 6 rings (SSSR count).